The van der Waals surface area contributed by atoms with Gasteiger partial charge in [0.1, 0.15) is 0 Å². The first-order chi connectivity index (χ1) is 7.27. The minimum absolute atomic E-state index is 0.249. The fourth-order valence-corrected chi connectivity index (χ4v) is 1.80. The number of hydrogen-bond donors (Lipinski definition) is 1. The van der Waals surface area contributed by atoms with E-state index < -0.39 is 0 Å². The van der Waals surface area contributed by atoms with Crippen LogP contribution in [-0.2, 0) is 4.79 Å². The van der Waals surface area contributed by atoms with Crippen LogP contribution >= 0.6 is 0 Å². The van der Waals surface area contributed by atoms with E-state index in [0.29, 0.717) is 6.54 Å². The van der Waals surface area contributed by atoms with Crippen molar-refractivity contribution in [2.75, 3.05) is 45.8 Å². The zero-order valence-electron chi connectivity index (χ0n) is 9.96. The molecule has 15 heavy (non-hydrogen) atoms. The topological polar surface area (TPSA) is 35.6 Å². The molecule has 0 unspecified atom stereocenters. The first-order valence-electron chi connectivity index (χ1n) is 5.98. The van der Waals surface area contributed by atoms with E-state index in [2.05, 4.69) is 24.1 Å². The van der Waals surface area contributed by atoms with Crippen molar-refractivity contribution in [3.8, 4) is 0 Å². The Bertz CT molecular complexity index is 188. The van der Waals surface area contributed by atoms with Crippen LogP contribution in [0.3, 0.4) is 0 Å². The Balaban J connectivity index is 2.18. The van der Waals surface area contributed by atoms with E-state index >= 15 is 0 Å². The SMILES string of the molecule is CCCNCC(=O)N1CCN(CC)CC1. The van der Waals surface area contributed by atoms with Gasteiger partial charge in [-0.1, -0.05) is 13.8 Å². The Morgan fingerprint density at radius 3 is 2.40 bits per heavy atom. The van der Waals surface area contributed by atoms with Gasteiger partial charge in [-0.25, -0.2) is 0 Å². The summed E-state index contributed by atoms with van der Waals surface area (Å²) < 4.78 is 0. The van der Waals surface area contributed by atoms with Gasteiger partial charge in [-0.2, -0.15) is 0 Å². The molecular formula is C11H23N3O. The summed E-state index contributed by atoms with van der Waals surface area (Å²) >= 11 is 0. The second kappa shape index (κ2) is 6.80. The number of hydrogen-bond acceptors (Lipinski definition) is 3. The zero-order chi connectivity index (χ0) is 11.1. The quantitative estimate of drug-likeness (QED) is 0.660. The molecule has 1 aliphatic heterocycles. The third kappa shape index (κ3) is 4.18. The molecule has 0 aromatic rings. The van der Waals surface area contributed by atoms with Crippen molar-refractivity contribution < 1.29 is 4.79 Å². The summed E-state index contributed by atoms with van der Waals surface area (Å²) in [6.45, 7) is 10.6. The molecule has 0 aromatic carbocycles. The second-order valence-corrected chi connectivity index (χ2v) is 3.99. The molecule has 1 fully saturated rings. The fourth-order valence-electron chi connectivity index (χ4n) is 1.80. The molecule has 1 N–H and O–H groups in total. The molecule has 1 saturated heterocycles. The molecule has 88 valence electrons. The maximum absolute atomic E-state index is 11.7. The van der Waals surface area contributed by atoms with Crippen molar-refractivity contribution >= 4 is 5.91 Å². The van der Waals surface area contributed by atoms with E-state index in [-0.39, 0.29) is 5.91 Å². The molecule has 4 nitrogen and oxygen atoms in total. The Morgan fingerprint density at radius 2 is 1.87 bits per heavy atom. The van der Waals surface area contributed by atoms with E-state index in [0.717, 1.165) is 45.7 Å². The number of carbonyl (C=O) groups excluding carboxylic acids is 1. The molecule has 0 bridgehead atoms. The van der Waals surface area contributed by atoms with Crippen LogP contribution in [0.2, 0.25) is 0 Å². The average molecular weight is 213 g/mol. The highest BCUT2D eigenvalue weighted by molar-refractivity contribution is 5.78. The zero-order valence-corrected chi connectivity index (χ0v) is 9.96. The van der Waals surface area contributed by atoms with E-state index in [4.69, 9.17) is 0 Å². The normalized spacial score (nSPS) is 18.1. The highest BCUT2D eigenvalue weighted by atomic mass is 16.2. The lowest BCUT2D eigenvalue weighted by atomic mass is 10.3. The van der Waals surface area contributed by atoms with Crippen molar-refractivity contribution in [1.29, 1.82) is 0 Å². The van der Waals surface area contributed by atoms with Crippen LogP contribution < -0.4 is 5.32 Å². The van der Waals surface area contributed by atoms with Crippen LogP contribution in [0.5, 0.6) is 0 Å². The van der Waals surface area contributed by atoms with Crippen molar-refractivity contribution in [2.45, 2.75) is 20.3 Å². The number of amides is 1. The second-order valence-electron chi connectivity index (χ2n) is 3.99. The van der Waals surface area contributed by atoms with E-state index in [1.165, 1.54) is 0 Å². The highest BCUT2D eigenvalue weighted by Gasteiger charge is 2.19. The van der Waals surface area contributed by atoms with Gasteiger partial charge >= 0.3 is 0 Å². The highest BCUT2D eigenvalue weighted by Crippen LogP contribution is 2.00. The predicted octanol–water partition coefficient (Wildman–Crippen LogP) is 0.150. The van der Waals surface area contributed by atoms with Crippen LogP contribution in [0.4, 0.5) is 0 Å². The van der Waals surface area contributed by atoms with Crippen LogP contribution in [0, 0.1) is 0 Å². The van der Waals surface area contributed by atoms with Gasteiger partial charge in [-0.05, 0) is 19.5 Å². The van der Waals surface area contributed by atoms with Gasteiger partial charge in [0.25, 0.3) is 0 Å². The predicted molar refractivity (Wildman–Crippen MR) is 61.9 cm³/mol. The van der Waals surface area contributed by atoms with E-state index in [1.54, 1.807) is 0 Å². The number of piperazine rings is 1. The smallest absolute Gasteiger partial charge is 0.236 e. The summed E-state index contributed by atoms with van der Waals surface area (Å²) in [5.74, 6) is 0.249. The molecule has 0 atom stereocenters. The van der Waals surface area contributed by atoms with Crippen molar-refractivity contribution in [3.05, 3.63) is 0 Å². The lowest BCUT2D eigenvalue weighted by Crippen LogP contribution is -2.50. The third-order valence-electron chi connectivity index (χ3n) is 2.88. The number of carbonyl (C=O) groups is 1. The monoisotopic (exact) mass is 213 g/mol. The van der Waals surface area contributed by atoms with Crippen LogP contribution in [0.1, 0.15) is 20.3 Å². The van der Waals surface area contributed by atoms with Gasteiger partial charge in [0, 0.05) is 26.2 Å². The molecule has 0 saturated carbocycles. The molecule has 1 amide bonds. The van der Waals surface area contributed by atoms with Gasteiger partial charge in [-0.3, -0.25) is 4.79 Å². The van der Waals surface area contributed by atoms with Gasteiger partial charge < -0.3 is 15.1 Å². The first-order valence-corrected chi connectivity index (χ1v) is 5.98. The molecule has 0 aromatic heterocycles. The molecule has 0 aliphatic carbocycles. The standard InChI is InChI=1S/C11H23N3O/c1-3-5-12-10-11(15)14-8-6-13(4-2)7-9-14/h12H,3-10H2,1-2H3. The summed E-state index contributed by atoms with van der Waals surface area (Å²) in [4.78, 5) is 16.1. The van der Waals surface area contributed by atoms with Gasteiger partial charge in [0.15, 0.2) is 0 Å². The Morgan fingerprint density at radius 1 is 1.20 bits per heavy atom. The third-order valence-corrected chi connectivity index (χ3v) is 2.88. The van der Waals surface area contributed by atoms with Gasteiger partial charge in [0.05, 0.1) is 6.54 Å². The number of likely N-dealkylation sites (N-methyl/N-ethyl adjacent to an activating group) is 1. The summed E-state index contributed by atoms with van der Waals surface area (Å²) in [5.41, 5.74) is 0. The van der Waals surface area contributed by atoms with Crippen molar-refractivity contribution in [1.82, 2.24) is 15.1 Å². The van der Waals surface area contributed by atoms with E-state index in [9.17, 15) is 4.79 Å². The van der Waals surface area contributed by atoms with Crippen molar-refractivity contribution in [2.24, 2.45) is 0 Å². The Kier molecular flexibility index (Phi) is 5.65. The van der Waals surface area contributed by atoms with E-state index in [1.807, 2.05) is 4.90 Å². The first kappa shape index (κ1) is 12.5. The lowest BCUT2D eigenvalue weighted by molar-refractivity contribution is -0.131. The average Bonchev–Trinajstić information content (AvgIpc) is 2.29. The summed E-state index contributed by atoms with van der Waals surface area (Å²) in [6.07, 6.45) is 1.08. The van der Waals surface area contributed by atoms with Crippen LogP contribution in [0.25, 0.3) is 0 Å². The van der Waals surface area contributed by atoms with Gasteiger partial charge in [-0.15, -0.1) is 0 Å². The number of nitrogens with one attached hydrogen (secondary N) is 1. The van der Waals surface area contributed by atoms with Crippen LogP contribution in [0.15, 0.2) is 0 Å². The molecule has 4 heteroatoms. The fraction of sp³-hybridized carbons (Fsp3) is 0.909. The number of nitrogens with zero attached hydrogens (tertiary/aromatic N) is 2. The summed E-state index contributed by atoms with van der Waals surface area (Å²) in [7, 11) is 0. The molecule has 1 heterocycles. The molecule has 1 rings (SSSR count). The number of rotatable bonds is 5. The Labute approximate surface area is 92.6 Å². The minimum atomic E-state index is 0.249. The molecule has 1 aliphatic rings. The maximum Gasteiger partial charge on any atom is 0.236 e. The Hall–Kier alpha value is -0.610. The maximum atomic E-state index is 11.7. The minimum Gasteiger partial charge on any atom is -0.339 e. The molecular weight excluding hydrogens is 190 g/mol. The lowest BCUT2D eigenvalue weighted by Gasteiger charge is -2.34. The van der Waals surface area contributed by atoms with Gasteiger partial charge in [0.2, 0.25) is 5.91 Å². The largest absolute Gasteiger partial charge is 0.339 e. The summed E-state index contributed by atoms with van der Waals surface area (Å²) in [5, 5.41) is 3.15. The molecule has 0 spiro atoms. The van der Waals surface area contributed by atoms with Crippen molar-refractivity contribution in [3.63, 3.8) is 0 Å². The summed E-state index contributed by atoms with van der Waals surface area (Å²) in [6, 6.07) is 0. The molecule has 0 radical (unpaired) electrons. The van der Waals surface area contributed by atoms with Crippen LogP contribution in [-0.4, -0.2) is 61.5 Å².